The molecule has 1 aliphatic rings. The maximum Gasteiger partial charge on any atom is 0.327 e. The fourth-order valence-electron chi connectivity index (χ4n) is 2.41. The van der Waals surface area contributed by atoms with Gasteiger partial charge in [-0.05, 0) is 50.5 Å². The molecule has 0 aromatic heterocycles. The molecule has 0 spiro atoms. The lowest BCUT2D eigenvalue weighted by Gasteiger charge is -2.29. The van der Waals surface area contributed by atoms with Crippen molar-refractivity contribution in [1.82, 2.24) is 0 Å². The molecule has 0 bridgehead atoms. The highest BCUT2D eigenvalue weighted by atomic mass is 16.5. The molecule has 1 N–H and O–H groups in total. The van der Waals surface area contributed by atoms with Crippen LogP contribution in [0.4, 0.5) is 11.4 Å². The van der Waals surface area contributed by atoms with Gasteiger partial charge < -0.3 is 15.0 Å². The van der Waals surface area contributed by atoms with Crippen LogP contribution in [0.1, 0.15) is 26.2 Å². The Bertz CT molecular complexity index is 411. The molecule has 1 atom stereocenters. The summed E-state index contributed by atoms with van der Waals surface area (Å²) in [6.45, 7) is 4.08. The zero-order chi connectivity index (χ0) is 13.7. The van der Waals surface area contributed by atoms with Gasteiger partial charge in [-0.2, -0.15) is 0 Å². The molecule has 2 rings (SSSR count). The molecule has 0 aliphatic carbocycles. The van der Waals surface area contributed by atoms with Gasteiger partial charge in [0.25, 0.3) is 0 Å². The van der Waals surface area contributed by atoms with E-state index in [1.165, 1.54) is 32.1 Å². The molecule has 0 radical (unpaired) electrons. The summed E-state index contributed by atoms with van der Waals surface area (Å²) < 4.78 is 4.69. The summed E-state index contributed by atoms with van der Waals surface area (Å²) in [5, 5.41) is 3.13. The lowest BCUT2D eigenvalue weighted by atomic mass is 10.1. The zero-order valence-electron chi connectivity index (χ0n) is 11.7. The summed E-state index contributed by atoms with van der Waals surface area (Å²) in [5.74, 6) is -0.250. The van der Waals surface area contributed by atoms with E-state index < -0.39 is 0 Å². The molecule has 1 aliphatic heterocycles. The minimum atomic E-state index is -0.328. The topological polar surface area (TPSA) is 41.6 Å². The van der Waals surface area contributed by atoms with E-state index >= 15 is 0 Å². The third kappa shape index (κ3) is 3.63. The van der Waals surface area contributed by atoms with Crippen molar-refractivity contribution >= 4 is 17.3 Å². The second-order valence-corrected chi connectivity index (χ2v) is 4.98. The Hall–Kier alpha value is -1.71. The van der Waals surface area contributed by atoms with Crippen LogP contribution in [0.2, 0.25) is 0 Å². The molecular formula is C15H22N2O2. The van der Waals surface area contributed by atoms with Gasteiger partial charge in [0.15, 0.2) is 0 Å². The van der Waals surface area contributed by atoms with E-state index in [0.717, 1.165) is 18.8 Å². The molecule has 0 saturated carbocycles. The van der Waals surface area contributed by atoms with Gasteiger partial charge in [-0.15, -0.1) is 0 Å². The van der Waals surface area contributed by atoms with Gasteiger partial charge >= 0.3 is 5.97 Å². The van der Waals surface area contributed by atoms with E-state index in [2.05, 4.69) is 22.3 Å². The Labute approximate surface area is 114 Å². The van der Waals surface area contributed by atoms with Gasteiger partial charge in [-0.25, -0.2) is 4.79 Å². The number of carbonyl (C=O) groups excluding carboxylic acids is 1. The third-order valence-corrected chi connectivity index (χ3v) is 3.53. The van der Waals surface area contributed by atoms with Crippen LogP contribution in [0.5, 0.6) is 0 Å². The first-order chi connectivity index (χ1) is 9.20. The highest BCUT2D eigenvalue weighted by Crippen LogP contribution is 2.22. The summed E-state index contributed by atoms with van der Waals surface area (Å²) in [5.41, 5.74) is 2.20. The van der Waals surface area contributed by atoms with E-state index in [1.807, 2.05) is 12.1 Å². The van der Waals surface area contributed by atoms with Crippen molar-refractivity contribution in [3.63, 3.8) is 0 Å². The number of hydrogen-bond acceptors (Lipinski definition) is 4. The second-order valence-electron chi connectivity index (χ2n) is 4.98. The normalized spacial score (nSPS) is 16.8. The molecule has 104 valence electrons. The highest BCUT2D eigenvalue weighted by molar-refractivity contribution is 5.78. The lowest BCUT2D eigenvalue weighted by molar-refractivity contribution is -0.141. The van der Waals surface area contributed by atoms with Crippen molar-refractivity contribution in [3.05, 3.63) is 24.3 Å². The van der Waals surface area contributed by atoms with Crippen LogP contribution in [0.25, 0.3) is 0 Å². The molecule has 1 fully saturated rings. The van der Waals surface area contributed by atoms with E-state index in [1.54, 1.807) is 6.92 Å². The zero-order valence-corrected chi connectivity index (χ0v) is 11.7. The van der Waals surface area contributed by atoms with Gasteiger partial charge in [-0.1, -0.05) is 0 Å². The number of hydrogen-bond donors (Lipinski definition) is 1. The van der Waals surface area contributed by atoms with Crippen LogP contribution in [-0.4, -0.2) is 32.2 Å². The maximum atomic E-state index is 11.3. The predicted octanol–water partition coefficient (Wildman–Crippen LogP) is 2.65. The van der Waals surface area contributed by atoms with Gasteiger partial charge in [0, 0.05) is 24.5 Å². The number of ether oxygens (including phenoxy) is 1. The number of anilines is 2. The molecule has 1 aromatic carbocycles. The molecular weight excluding hydrogens is 240 g/mol. The smallest absolute Gasteiger partial charge is 0.327 e. The Kier molecular flexibility index (Phi) is 4.66. The minimum absolute atomic E-state index is 0.250. The molecule has 4 heteroatoms. The number of carbonyl (C=O) groups is 1. The summed E-state index contributed by atoms with van der Waals surface area (Å²) in [6.07, 6.45) is 3.89. The molecule has 4 nitrogen and oxygen atoms in total. The van der Waals surface area contributed by atoms with Crippen molar-refractivity contribution in [1.29, 1.82) is 0 Å². The lowest BCUT2D eigenvalue weighted by Crippen LogP contribution is -2.29. The van der Waals surface area contributed by atoms with Crippen LogP contribution in [-0.2, 0) is 9.53 Å². The van der Waals surface area contributed by atoms with Gasteiger partial charge in [0.05, 0.1) is 7.11 Å². The van der Waals surface area contributed by atoms with Crippen molar-refractivity contribution in [2.45, 2.75) is 32.2 Å². The van der Waals surface area contributed by atoms with Crippen LogP contribution >= 0.6 is 0 Å². The number of rotatable bonds is 4. The Morgan fingerprint density at radius 1 is 1.21 bits per heavy atom. The monoisotopic (exact) mass is 262 g/mol. The number of methoxy groups -OCH3 is 1. The molecule has 1 saturated heterocycles. The van der Waals surface area contributed by atoms with Crippen LogP contribution in [0.3, 0.4) is 0 Å². The number of nitrogens with one attached hydrogen (secondary N) is 1. The molecule has 1 unspecified atom stereocenters. The maximum absolute atomic E-state index is 11.3. The van der Waals surface area contributed by atoms with Crippen molar-refractivity contribution in [2.75, 3.05) is 30.4 Å². The van der Waals surface area contributed by atoms with Crippen LogP contribution in [0, 0.1) is 0 Å². The third-order valence-electron chi connectivity index (χ3n) is 3.53. The Morgan fingerprint density at radius 3 is 2.42 bits per heavy atom. The standard InChI is InChI=1S/C15H22N2O2/c1-12(15(18)19-2)16-13-6-8-14(9-7-13)17-10-4-3-5-11-17/h6-9,12,16H,3-5,10-11H2,1-2H3. The Morgan fingerprint density at radius 2 is 1.84 bits per heavy atom. The number of benzene rings is 1. The second kappa shape index (κ2) is 6.45. The highest BCUT2D eigenvalue weighted by Gasteiger charge is 2.13. The average molecular weight is 262 g/mol. The van der Waals surface area contributed by atoms with Crippen molar-refractivity contribution in [3.8, 4) is 0 Å². The molecule has 1 aromatic rings. The predicted molar refractivity (Wildman–Crippen MR) is 77.6 cm³/mol. The number of piperidine rings is 1. The summed E-state index contributed by atoms with van der Waals surface area (Å²) in [4.78, 5) is 13.8. The van der Waals surface area contributed by atoms with Crippen LogP contribution < -0.4 is 10.2 Å². The summed E-state index contributed by atoms with van der Waals surface area (Å²) in [7, 11) is 1.40. The number of esters is 1. The first kappa shape index (κ1) is 13.7. The molecule has 1 heterocycles. The molecule has 0 amide bonds. The SMILES string of the molecule is COC(=O)C(C)Nc1ccc(N2CCCCC2)cc1. The average Bonchev–Trinajstić information content (AvgIpc) is 2.48. The number of nitrogens with zero attached hydrogens (tertiary/aromatic N) is 1. The summed E-state index contributed by atoms with van der Waals surface area (Å²) >= 11 is 0. The van der Waals surface area contributed by atoms with Gasteiger partial charge in [0.1, 0.15) is 6.04 Å². The van der Waals surface area contributed by atoms with Gasteiger partial charge in [-0.3, -0.25) is 0 Å². The first-order valence-corrected chi connectivity index (χ1v) is 6.90. The Balaban J connectivity index is 1.96. The fourth-order valence-corrected chi connectivity index (χ4v) is 2.41. The fraction of sp³-hybridized carbons (Fsp3) is 0.533. The summed E-state index contributed by atoms with van der Waals surface area (Å²) in [6, 6.07) is 7.92. The van der Waals surface area contributed by atoms with Gasteiger partial charge in [0.2, 0.25) is 0 Å². The van der Waals surface area contributed by atoms with E-state index in [0.29, 0.717) is 0 Å². The largest absolute Gasteiger partial charge is 0.467 e. The quantitative estimate of drug-likeness (QED) is 0.847. The van der Waals surface area contributed by atoms with Crippen molar-refractivity contribution < 1.29 is 9.53 Å². The first-order valence-electron chi connectivity index (χ1n) is 6.90. The molecule has 19 heavy (non-hydrogen) atoms. The minimum Gasteiger partial charge on any atom is -0.467 e. The van der Waals surface area contributed by atoms with E-state index in [4.69, 9.17) is 4.74 Å². The van der Waals surface area contributed by atoms with E-state index in [-0.39, 0.29) is 12.0 Å². The van der Waals surface area contributed by atoms with Crippen LogP contribution in [0.15, 0.2) is 24.3 Å². The van der Waals surface area contributed by atoms with E-state index in [9.17, 15) is 4.79 Å². The van der Waals surface area contributed by atoms with Crippen molar-refractivity contribution in [2.24, 2.45) is 0 Å².